The summed E-state index contributed by atoms with van der Waals surface area (Å²) in [6.45, 7) is 4.92. The van der Waals surface area contributed by atoms with E-state index in [-0.39, 0.29) is 34.1 Å². The zero-order valence-electron chi connectivity index (χ0n) is 20.2. The molecule has 2 amide bonds. The van der Waals surface area contributed by atoms with Crippen LogP contribution in [0, 0.1) is 0 Å². The molecule has 0 aliphatic rings. The van der Waals surface area contributed by atoms with E-state index in [4.69, 9.17) is 23.2 Å². The first-order valence-corrected chi connectivity index (χ1v) is 13.9. The molecule has 0 bridgehead atoms. The van der Waals surface area contributed by atoms with Gasteiger partial charge in [-0.25, -0.2) is 8.42 Å². The van der Waals surface area contributed by atoms with E-state index in [9.17, 15) is 18.0 Å². The Bertz CT molecular complexity index is 1360. The molecule has 0 radical (unpaired) electrons. The van der Waals surface area contributed by atoms with Gasteiger partial charge >= 0.3 is 0 Å². The molecular formula is C26H27Cl2N3O4S. The zero-order chi connectivity index (χ0) is 26.5. The third kappa shape index (κ3) is 6.37. The van der Waals surface area contributed by atoms with Crippen molar-refractivity contribution in [3.63, 3.8) is 0 Å². The monoisotopic (exact) mass is 547 g/mol. The Balaban J connectivity index is 1.81. The quantitative estimate of drug-likeness (QED) is 0.372. The Morgan fingerprint density at radius 2 is 1.53 bits per heavy atom. The van der Waals surface area contributed by atoms with Crippen molar-refractivity contribution in [1.29, 1.82) is 0 Å². The van der Waals surface area contributed by atoms with Crippen molar-refractivity contribution >= 4 is 56.4 Å². The van der Waals surface area contributed by atoms with Gasteiger partial charge in [0.15, 0.2) is 0 Å². The van der Waals surface area contributed by atoms with E-state index in [1.165, 1.54) is 0 Å². The summed E-state index contributed by atoms with van der Waals surface area (Å²) in [6, 6.07) is 18.2. The van der Waals surface area contributed by atoms with Crippen molar-refractivity contribution in [1.82, 2.24) is 4.90 Å². The van der Waals surface area contributed by atoms with E-state index in [1.807, 2.05) is 13.8 Å². The molecule has 3 aromatic rings. The maximum absolute atomic E-state index is 12.9. The van der Waals surface area contributed by atoms with Crippen molar-refractivity contribution in [3.8, 4) is 0 Å². The number of nitrogens with zero attached hydrogens (tertiary/aromatic N) is 2. The molecule has 190 valence electrons. The van der Waals surface area contributed by atoms with Crippen molar-refractivity contribution in [2.24, 2.45) is 0 Å². The summed E-state index contributed by atoms with van der Waals surface area (Å²) in [5, 5.41) is 3.19. The van der Waals surface area contributed by atoms with Crippen molar-refractivity contribution in [3.05, 3.63) is 93.5 Å². The first-order valence-electron chi connectivity index (χ1n) is 11.3. The molecule has 1 N–H and O–H groups in total. The van der Waals surface area contributed by atoms with Gasteiger partial charge in [0.05, 0.1) is 39.8 Å². The number of carbonyl (C=O) groups excluding carboxylic acids is 2. The number of halogens is 2. The van der Waals surface area contributed by atoms with Gasteiger partial charge < -0.3 is 10.2 Å². The van der Waals surface area contributed by atoms with Gasteiger partial charge in [-0.15, -0.1) is 0 Å². The summed E-state index contributed by atoms with van der Waals surface area (Å²) >= 11 is 12.3. The molecule has 0 saturated carbocycles. The fraction of sp³-hybridized carbons (Fsp3) is 0.231. The van der Waals surface area contributed by atoms with Gasteiger partial charge in [0.1, 0.15) is 0 Å². The van der Waals surface area contributed by atoms with Crippen LogP contribution in [0.4, 0.5) is 11.4 Å². The second kappa shape index (κ2) is 11.8. The van der Waals surface area contributed by atoms with E-state index in [2.05, 4.69) is 5.32 Å². The Labute approximate surface area is 221 Å². The maximum Gasteiger partial charge on any atom is 0.255 e. The van der Waals surface area contributed by atoms with Crippen molar-refractivity contribution < 1.29 is 18.0 Å². The molecule has 10 heteroatoms. The lowest BCUT2D eigenvalue weighted by atomic mass is 10.1. The van der Waals surface area contributed by atoms with Crippen LogP contribution in [-0.2, 0) is 16.6 Å². The van der Waals surface area contributed by atoms with Gasteiger partial charge in [-0.1, -0.05) is 53.5 Å². The van der Waals surface area contributed by atoms with Crippen LogP contribution in [0.25, 0.3) is 0 Å². The fourth-order valence-corrected chi connectivity index (χ4v) is 4.99. The summed E-state index contributed by atoms with van der Waals surface area (Å²) in [7, 11) is -3.67. The number of carbonyl (C=O) groups is 2. The highest BCUT2D eigenvalue weighted by atomic mass is 35.5. The normalized spacial score (nSPS) is 11.1. The number of nitrogens with one attached hydrogen (secondary N) is 1. The molecular weight excluding hydrogens is 521 g/mol. The predicted molar refractivity (Wildman–Crippen MR) is 146 cm³/mol. The van der Waals surface area contributed by atoms with Crippen LogP contribution in [-0.4, -0.2) is 44.5 Å². The minimum atomic E-state index is -3.67. The van der Waals surface area contributed by atoms with Crippen LogP contribution in [0.1, 0.15) is 40.1 Å². The highest BCUT2D eigenvalue weighted by Crippen LogP contribution is 2.34. The average Bonchev–Trinajstić information content (AvgIpc) is 2.85. The minimum absolute atomic E-state index is 0.00198. The van der Waals surface area contributed by atoms with Crippen molar-refractivity contribution in [2.75, 3.05) is 29.0 Å². The Morgan fingerprint density at radius 1 is 0.889 bits per heavy atom. The van der Waals surface area contributed by atoms with Crippen LogP contribution in [0.3, 0.4) is 0 Å². The number of anilines is 2. The van der Waals surface area contributed by atoms with E-state index in [0.717, 1.165) is 10.6 Å². The molecule has 7 nitrogen and oxygen atoms in total. The van der Waals surface area contributed by atoms with E-state index in [1.54, 1.807) is 71.6 Å². The number of benzene rings is 3. The summed E-state index contributed by atoms with van der Waals surface area (Å²) in [6.07, 6.45) is 1.09. The van der Waals surface area contributed by atoms with Crippen LogP contribution >= 0.6 is 23.2 Å². The predicted octanol–water partition coefficient (Wildman–Crippen LogP) is 5.69. The van der Waals surface area contributed by atoms with E-state index in [0.29, 0.717) is 35.5 Å². The maximum atomic E-state index is 12.9. The molecule has 0 unspecified atom stereocenters. The van der Waals surface area contributed by atoms with Gasteiger partial charge in [0, 0.05) is 18.7 Å². The van der Waals surface area contributed by atoms with E-state index >= 15 is 0 Å². The summed E-state index contributed by atoms with van der Waals surface area (Å²) < 4.78 is 26.1. The lowest BCUT2D eigenvalue weighted by Gasteiger charge is -2.24. The largest absolute Gasteiger partial charge is 0.339 e. The first-order chi connectivity index (χ1) is 17.1. The second-order valence-electron chi connectivity index (χ2n) is 8.02. The molecule has 0 fully saturated rings. The number of hydrogen-bond acceptors (Lipinski definition) is 4. The standard InChI is InChI=1S/C26H27Cl2N3O4S/c1-4-30(5-2)26(33)20-9-6-7-11-22(20)29-25(32)19-15-13-18(14-16-19)17-31(36(3,34)35)23-12-8-10-21(27)24(23)28/h6-16H,4-5,17H2,1-3H3,(H,29,32). The average molecular weight is 548 g/mol. The Kier molecular flexibility index (Phi) is 9.00. The highest BCUT2D eigenvalue weighted by molar-refractivity contribution is 7.92. The SMILES string of the molecule is CCN(CC)C(=O)c1ccccc1NC(=O)c1ccc(CN(c2cccc(Cl)c2Cl)S(C)(=O)=O)cc1. The number of rotatable bonds is 9. The second-order valence-corrected chi connectivity index (χ2v) is 10.7. The molecule has 0 aliphatic heterocycles. The molecule has 0 atom stereocenters. The van der Waals surface area contributed by atoms with Crippen LogP contribution in [0.5, 0.6) is 0 Å². The van der Waals surface area contributed by atoms with Gasteiger partial charge in [0.25, 0.3) is 11.8 Å². The van der Waals surface area contributed by atoms with Gasteiger partial charge in [0.2, 0.25) is 10.0 Å². The molecule has 0 saturated heterocycles. The third-order valence-electron chi connectivity index (χ3n) is 5.60. The zero-order valence-corrected chi connectivity index (χ0v) is 22.5. The van der Waals surface area contributed by atoms with E-state index < -0.39 is 10.0 Å². The molecule has 0 aromatic heterocycles. The number of amides is 2. The Hall–Kier alpha value is -3.07. The number of hydrogen-bond donors (Lipinski definition) is 1. The summed E-state index contributed by atoms with van der Waals surface area (Å²) in [5.41, 5.74) is 2.10. The molecule has 3 aromatic carbocycles. The molecule has 0 spiro atoms. The van der Waals surface area contributed by atoms with Crippen LogP contribution in [0.15, 0.2) is 66.7 Å². The third-order valence-corrected chi connectivity index (χ3v) is 7.53. The highest BCUT2D eigenvalue weighted by Gasteiger charge is 2.22. The van der Waals surface area contributed by atoms with Crippen LogP contribution < -0.4 is 9.62 Å². The lowest BCUT2D eigenvalue weighted by Crippen LogP contribution is -2.31. The number of para-hydroxylation sites is 1. The van der Waals surface area contributed by atoms with Crippen molar-refractivity contribution in [2.45, 2.75) is 20.4 Å². The van der Waals surface area contributed by atoms with Gasteiger partial charge in [-0.05, 0) is 55.8 Å². The smallest absolute Gasteiger partial charge is 0.255 e. The Morgan fingerprint density at radius 3 is 2.14 bits per heavy atom. The first kappa shape index (κ1) is 27.5. The summed E-state index contributed by atoms with van der Waals surface area (Å²) in [5.74, 6) is -0.550. The topological polar surface area (TPSA) is 86.8 Å². The van der Waals surface area contributed by atoms with Gasteiger partial charge in [-0.2, -0.15) is 0 Å². The molecule has 0 heterocycles. The van der Waals surface area contributed by atoms with Crippen LogP contribution in [0.2, 0.25) is 10.0 Å². The van der Waals surface area contributed by atoms with Gasteiger partial charge in [-0.3, -0.25) is 13.9 Å². The minimum Gasteiger partial charge on any atom is -0.339 e. The fourth-order valence-electron chi connectivity index (χ4n) is 3.65. The lowest BCUT2D eigenvalue weighted by molar-refractivity contribution is 0.0774. The summed E-state index contributed by atoms with van der Waals surface area (Å²) in [4.78, 5) is 27.4. The molecule has 36 heavy (non-hydrogen) atoms. The molecule has 3 rings (SSSR count). The molecule has 0 aliphatic carbocycles. The number of sulfonamides is 1.